The average Bonchev–Trinajstić information content (AvgIpc) is 3.21. The van der Waals surface area contributed by atoms with Crippen LogP contribution in [-0.2, 0) is 30.7 Å². The van der Waals surface area contributed by atoms with Crippen molar-refractivity contribution in [2.24, 2.45) is 0 Å². The summed E-state index contributed by atoms with van der Waals surface area (Å²) in [6.45, 7) is 13.3. The largest absolute Gasteiger partial charge is 1.00 e. The molecule has 0 bridgehead atoms. The van der Waals surface area contributed by atoms with Gasteiger partial charge in [0, 0.05) is 0 Å². The molecular formula is C25H27Cl2Zr-. The second kappa shape index (κ2) is 10.3. The summed E-state index contributed by atoms with van der Waals surface area (Å²) in [6.07, 6.45) is 8.70. The van der Waals surface area contributed by atoms with E-state index in [1.165, 1.54) is 58.9 Å². The summed E-state index contributed by atoms with van der Waals surface area (Å²) in [5, 5.41) is 0. The zero-order valence-electron chi connectivity index (χ0n) is 17.6. The van der Waals surface area contributed by atoms with E-state index < -0.39 is 0 Å². The Morgan fingerprint density at radius 3 is 2.14 bits per heavy atom. The van der Waals surface area contributed by atoms with Crippen LogP contribution in [0.3, 0.4) is 0 Å². The van der Waals surface area contributed by atoms with Gasteiger partial charge < -0.3 is 24.8 Å². The van der Waals surface area contributed by atoms with Gasteiger partial charge in [0.2, 0.25) is 0 Å². The first-order valence-corrected chi connectivity index (χ1v) is 10.6. The fraction of sp³-hybridized carbons (Fsp3) is 0.320. The second-order valence-electron chi connectivity index (χ2n) is 7.65. The summed E-state index contributed by atoms with van der Waals surface area (Å²) in [4.78, 5) is 0. The van der Waals surface area contributed by atoms with Crippen LogP contribution in [-0.4, -0.2) is 3.21 Å². The van der Waals surface area contributed by atoms with Crippen LogP contribution < -0.4 is 24.8 Å². The summed E-state index contributed by atoms with van der Waals surface area (Å²) in [5.41, 5.74) is 14.1. The van der Waals surface area contributed by atoms with E-state index in [0.717, 1.165) is 12.8 Å². The number of hydrogen-bond acceptors (Lipinski definition) is 0. The van der Waals surface area contributed by atoms with E-state index in [4.69, 9.17) is 0 Å². The van der Waals surface area contributed by atoms with Crippen LogP contribution >= 0.6 is 0 Å². The minimum atomic E-state index is 0. The monoisotopic (exact) mass is 487 g/mol. The van der Waals surface area contributed by atoms with E-state index in [0.29, 0.717) is 0 Å². The maximum atomic E-state index is 3.76. The number of aryl methyl sites for hydroxylation is 1. The van der Waals surface area contributed by atoms with Crippen LogP contribution in [0.4, 0.5) is 0 Å². The van der Waals surface area contributed by atoms with Gasteiger partial charge in [-0.3, -0.25) is 0 Å². The molecule has 0 spiro atoms. The Hall–Kier alpha value is -0.747. The minimum absolute atomic E-state index is 0. The summed E-state index contributed by atoms with van der Waals surface area (Å²) in [6, 6.07) is 8.32. The predicted molar refractivity (Wildman–Crippen MR) is 111 cm³/mol. The normalized spacial score (nSPS) is 12.8. The number of halogens is 2. The van der Waals surface area contributed by atoms with Gasteiger partial charge in [0.05, 0.1) is 0 Å². The molecule has 0 aromatic heterocycles. The molecule has 0 radical (unpaired) electrons. The Morgan fingerprint density at radius 2 is 1.57 bits per heavy atom. The quantitative estimate of drug-likeness (QED) is 0.434. The molecule has 0 unspecified atom stereocenters. The van der Waals surface area contributed by atoms with E-state index in [1.54, 1.807) is 24.2 Å². The van der Waals surface area contributed by atoms with Crippen LogP contribution in [0.25, 0.3) is 16.7 Å². The third-order valence-corrected chi connectivity index (χ3v) is 5.42. The summed E-state index contributed by atoms with van der Waals surface area (Å²) in [7, 11) is 0. The van der Waals surface area contributed by atoms with Crippen molar-refractivity contribution in [2.75, 3.05) is 0 Å². The number of hydrogen-bond donors (Lipinski definition) is 0. The fourth-order valence-corrected chi connectivity index (χ4v) is 3.89. The number of benzene rings is 2. The summed E-state index contributed by atoms with van der Waals surface area (Å²) < 4.78 is 1.51. The Balaban J connectivity index is 0.000000601. The van der Waals surface area contributed by atoms with Crippen molar-refractivity contribution in [2.45, 2.75) is 54.4 Å². The first-order valence-electron chi connectivity index (χ1n) is 9.33. The molecule has 0 N–H and O–H groups in total. The molecule has 3 heteroatoms. The standard InChI is InChI=1S/C22H21.C3H6.2ClH.Zr/c1-13-9-10-18-11-19-12-20(17-7-5-6-8-17)15(3)16(4)22(19)21(18)14(13)2;1-3-2;;;/h5-7,9-10H,8,11H2,1-4H3;1-2H3;2*1H;/q-1;;;;+2/p-2. The third-order valence-electron chi connectivity index (χ3n) is 5.42. The molecule has 0 saturated heterocycles. The number of rotatable bonds is 1. The SMILES string of the molecule is C[C](C)=[Zr+2].Cc1ccc2c(c1C)-c1c([c-]c(C3=CC=CC3)c(C)c1C)C2.[Cl-].[Cl-]. The van der Waals surface area contributed by atoms with E-state index in [2.05, 4.69) is 78.0 Å². The van der Waals surface area contributed by atoms with Crippen molar-refractivity contribution in [3.8, 4) is 11.1 Å². The molecule has 28 heavy (non-hydrogen) atoms. The van der Waals surface area contributed by atoms with Gasteiger partial charge in [-0.15, -0.1) is 40.0 Å². The van der Waals surface area contributed by atoms with Gasteiger partial charge in [0.15, 0.2) is 0 Å². The minimum Gasteiger partial charge on any atom is -1.00 e. The molecule has 146 valence electrons. The van der Waals surface area contributed by atoms with Gasteiger partial charge in [-0.05, 0) is 43.4 Å². The molecular weight excluding hydrogens is 462 g/mol. The molecule has 0 atom stereocenters. The van der Waals surface area contributed by atoms with Gasteiger partial charge in [0.1, 0.15) is 0 Å². The van der Waals surface area contributed by atoms with Crippen molar-refractivity contribution in [3.63, 3.8) is 0 Å². The second-order valence-corrected chi connectivity index (χ2v) is 10.1. The topological polar surface area (TPSA) is 0 Å². The average molecular weight is 490 g/mol. The summed E-state index contributed by atoms with van der Waals surface area (Å²) in [5.74, 6) is 0. The number of allylic oxidation sites excluding steroid dienone is 4. The van der Waals surface area contributed by atoms with E-state index >= 15 is 0 Å². The van der Waals surface area contributed by atoms with Gasteiger partial charge in [-0.2, -0.15) is 0 Å². The molecule has 0 amide bonds. The van der Waals surface area contributed by atoms with Crippen LogP contribution in [0.1, 0.15) is 59.2 Å². The first-order chi connectivity index (χ1) is 12.3. The van der Waals surface area contributed by atoms with E-state index in [9.17, 15) is 0 Å². The Labute approximate surface area is 197 Å². The van der Waals surface area contributed by atoms with Gasteiger partial charge in [-0.25, -0.2) is 0 Å². The van der Waals surface area contributed by atoms with Crippen LogP contribution in [0, 0.1) is 33.8 Å². The molecule has 2 aliphatic rings. The van der Waals surface area contributed by atoms with E-state index in [1.807, 2.05) is 0 Å². The van der Waals surface area contributed by atoms with Crippen molar-refractivity contribution in [1.82, 2.24) is 0 Å². The molecule has 0 heterocycles. The van der Waals surface area contributed by atoms with Crippen molar-refractivity contribution < 1.29 is 49.0 Å². The van der Waals surface area contributed by atoms with Gasteiger partial charge >= 0.3 is 41.3 Å². The van der Waals surface area contributed by atoms with Crippen molar-refractivity contribution in [1.29, 1.82) is 0 Å². The van der Waals surface area contributed by atoms with Crippen LogP contribution in [0.5, 0.6) is 0 Å². The van der Waals surface area contributed by atoms with Crippen LogP contribution in [0.2, 0.25) is 0 Å². The third kappa shape index (κ3) is 4.87. The summed E-state index contributed by atoms with van der Waals surface area (Å²) >= 11 is 1.55. The number of fused-ring (bicyclic) bond motifs is 3. The van der Waals surface area contributed by atoms with Gasteiger partial charge in [0.25, 0.3) is 0 Å². The Bertz CT molecular complexity index is 961. The smallest absolute Gasteiger partial charge is 0.0195 e. The molecule has 0 fully saturated rings. The molecule has 0 saturated carbocycles. The van der Waals surface area contributed by atoms with Crippen molar-refractivity contribution in [3.05, 3.63) is 75.4 Å². The zero-order valence-corrected chi connectivity index (χ0v) is 21.5. The molecule has 2 aromatic rings. The maximum Gasteiger partial charge on any atom is -0.0195 e. The Kier molecular flexibility index (Phi) is 9.33. The Morgan fingerprint density at radius 1 is 0.929 bits per heavy atom. The van der Waals surface area contributed by atoms with Crippen LogP contribution in [0.15, 0.2) is 30.4 Å². The van der Waals surface area contributed by atoms with E-state index in [-0.39, 0.29) is 24.8 Å². The molecule has 4 rings (SSSR count). The maximum absolute atomic E-state index is 3.76. The van der Waals surface area contributed by atoms with Crippen molar-refractivity contribution >= 4 is 8.78 Å². The fourth-order valence-electron chi connectivity index (χ4n) is 3.89. The predicted octanol–water partition coefficient (Wildman–Crippen LogP) is 0.388. The molecule has 0 nitrogen and oxygen atoms in total. The molecule has 2 aliphatic carbocycles. The first kappa shape index (κ1) is 25.3. The molecule has 0 aliphatic heterocycles. The zero-order chi connectivity index (χ0) is 19.0. The molecule has 2 aromatic carbocycles. The van der Waals surface area contributed by atoms with Gasteiger partial charge in [-0.1, -0.05) is 49.3 Å².